The van der Waals surface area contributed by atoms with Gasteiger partial charge in [-0.25, -0.2) is 26.9 Å². The van der Waals surface area contributed by atoms with Crippen LogP contribution in [0.4, 0.5) is 17.6 Å². The summed E-state index contributed by atoms with van der Waals surface area (Å²) in [6.45, 7) is 1.43. The molecule has 9 heteroatoms. The molecule has 0 fully saturated rings. The molecular weight excluding hydrogens is 296 g/mol. The van der Waals surface area contributed by atoms with Gasteiger partial charge in [0.2, 0.25) is 5.88 Å². The lowest BCUT2D eigenvalue weighted by molar-refractivity contribution is 0.403. The molecule has 2 aromatic rings. The van der Waals surface area contributed by atoms with Crippen molar-refractivity contribution in [3.63, 3.8) is 0 Å². The van der Waals surface area contributed by atoms with Gasteiger partial charge in [0.1, 0.15) is 5.69 Å². The van der Waals surface area contributed by atoms with Crippen molar-refractivity contribution < 1.29 is 22.7 Å². The van der Waals surface area contributed by atoms with Gasteiger partial charge >= 0.3 is 5.69 Å². The first kappa shape index (κ1) is 14.8. The van der Waals surface area contributed by atoms with E-state index in [1.807, 2.05) is 0 Å². The highest BCUT2D eigenvalue weighted by Gasteiger charge is 2.25. The average molecular weight is 304 g/mol. The van der Waals surface area contributed by atoms with E-state index in [4.69, 9.17) is 0 Å². The summed E-state index contributed by atoms with van der Waals surface area (Å²) < 4.78 is 53.7. The Bertz CT molecular complexity index is 816. The maximum Gasteiger partial charge on any atom is 0.335 e. The van der Waals surface area contributed by atoms with Gasteiger partial charge in [0.15, 0.2) is 23.3 Å². The van der Waals surface area contributed by atoms with Crippen molar-refractivity contribution in [2.75, 3.05) is 0 Å². The van der Waals surface area contributed by atoms with Gasteiger partial charge in [-0.15, -0.1) is 0 Å². The van der Waals surface area contributed by atoms with Gasteiger partial charge in [-0.3, -0.25) is 9.78 Å². The summed E-state index contributed by atoms with van der Waals surface area (Å²) in [5.74, 6) is -8.34. The number of benzene rings is 1. The molecule has 0 saturated carbocycles. The number of aromatic nitrogens is 2. The summed E-state index contributed by atoms with van der Waals surface area (Å²) in [5, 5.41) is 9.80. The highest BCUT2D eigenvalue weighted by Crippen LogP contribution is 2.25. The quantitative estimate of drug-likeness (QED) is 0.649. The van der Waals surface area contributed by atoms with Gasteiger partial charge in [-0.05, 0) is 6.42 Å². The summed E-state index contributed by atoms with van der Waals surface area (Å²) in [6, 6.07) is -0.0390. The SMILES string of the molecule is CCc1c(O)n(-c2c(F)c(F)cc(F)c2F)c(=O)[nH]c1=O. The van der Waals surface area contributed by atoms with E-state index in [1.54, 1.807) is 4.98 Å². The molecule has 0 atom stereocenters. The molecule has 1 aromatic carbocycles. The van der Waals surface area contributed by atoms with Crippen LogP contribution in [0.25, 0.3) is 5.69 Å². The van der Waals surface area contributed by atoms with Crippen LogP contribution in [-0.2, 0) is 6.42 Å². The van der Waals surface area contributed by atoms with Crippen LogP contribution in [0.1, 0.15) is 12.5 Å². The lowest BCUT2D eigenvalue weighted by atomic mass is 10.2. The van der Waals surface area contributed by atoms with Gasteiger partial charge < -0.3 is 5.11 Å². The van der Waals surface area contributed by atoms with E-state index in [0.717, 1.165) is 0 Å². The van der Waals surface area contributed by atoms with Crippen LogP contribution in [0.2, 0.25) is 0 Å². The maximum absolute atomic E-state index is 13.7. The Labute approximate surface area is 114 Å². The molecule has 1 heterocycles. The minimum Gasteiger partial charge on any atom is -0.494 e. The number of hydrogen-bond acceptors (Lipinski definition) is 3. The zero-order valence-electron chi connectivity index (χ0n) is 10.5. The molecule has 5 nitrogen and oxygen atoms in total. The number of hydrogen-bond donors (Lipinski definition) is 2. The van der Waals surface area contributed by atoms with Crippen molar-refractivity contribution >= 4 is 0 Å². The number of nitrogens with one attached hydrogen (secondary N) is 1. The minimum atomic E-state index is -1.87. The Morgan fingerprint density at radius 2 is 1.67 bits per heavy atom. The van der Waals surface area contributed by atoms with Crippen LogP contribution < -0.4 is 11.2 Å². The van der Waals surface area contributed by atoms with E-state index < -0.39 is 46.1 Å². The second kappa shape index (κ2) is 5.08. The van der Waals surface area contributed by atoms with Gasteiger partial charge in [0.05, 0.1) is 5.56 Å². The topological polar surface area (TPSA) is 75.1 Å². The summed E-state index contributed by atoms with van der Waals surface area (Å²) in [4.78, 5) is 24.7. The number of halogens is 4. The second-order valence-corrected chi connectivity index (χ2v) is 4.07. The number of rotatable bonds is 2. The first-order valence-corrected chi connectivity index (χ1v) is 5.70. The van der Waals surface area contributed by atoms with Gasteiger partial charge in [0.25, 0.3) is 5.56 Å². The van der Waals surface area contributed by atoms with Crippen LogP contribution >= 0.6 is 0 Å². The predicted octanol–water partition coefficient (Wildman–Crippen LogP) is 1.35. The van der Waals surface area contributed by atoms with Crippen molar-refractivity contribution in [2.45, 2.75) is 13.3 Å². The predicted molar refractivity (Wildman–Crippen MR) is 63.5 cm³/mol. The van der Waals surface area contributed by atoms with E-state index in [0.29, 0.717) is 0 Å². The van der Waals surface area contributed by atoms with E-state index in [9.17, 15) is 32.3 Å². The zero-order valence-corrected chi connectivity index (χ0v) is 10.5. The summed E-state index contributed by atoms with van der Waals surface area (Å²) in [6.07, 6.45) is -0.0809. The Morgan fingerprint density at radius 1 is 1.14 bits per heavy atom. The molecule has 1 aromatic heterocycles. The van der Waals surface area contributed by atoms with E-state index in [-0.39, 0.29) is 22.6 Å². The molecule has 0 amide bonds. The first-order valence-electron chi connectivity index (χ1n) is 5.70. The lowest BCUT2D eigenvalue weighted by Gasteiger charge is -2.12. The van der Waals surface area contributed by atoms with Crippen LogP contribution in [0.5, 0.6) is 5.88 Å². The molecule has 0 saturated heterocycles. The zero-order chi connectivity index (χ0) is 15.9. The first-order chi connectivity index (χ1) is 9.79. The molecule has 0 spiro atoms. The van der Waals surface area contributed by atoms with Crippen molar-refractivity contribution in [3.05, 3.63) is 55.7 Å². The Balaban J connectivity index is 2.99. The molecule has 0 radical (unpaired) electrons. The molecule has 0 aliphatic rings. The Kier molecular flexibility index (Phi) is 3.58. The number of H-pyrrole nitrogens is 1. The summed E-state index contributed by atoms with van der Waals surface area (Å²) >= 11 is 0. The third-order valence-electron chi connectivity index (χ3n) is 2.85. The second-order valence-electron chi connectivity index (χ2n) is 4.07. The van der Waals surface area contributed by atoms with Crippen molar-refractivity contribution in [1.82, 2.24) is 9.55 Å². The standard InChI is InChI=1S/C12H8F4N2O3/c1-2-4-10(19)17-12(21)18(11(4)20)9-7(15)5(13)3-6(14)8(9)16/h3,20H,2H2,1H3,(H,17,19,21). The van der Waals surface area contributed by atoms with Gasteiger partial charge in [-0.2, -0.15) is 0 Å². The highest BCUT2D eigenvalue weighted by molar-refractivity contribution is 5.41. The van der Waals surface area contributed by atoms with E-state index >= 15 is 0 Å². The fourth-order valence-corrected chi connectivity index (χ4v) is 1.84. The lowest BCUT2D eigenvalue weighted by Crippen LogP contribution is -2.32. The van der Waals surface area contributed by atoms with Crippen molar-refractivity contribution in [1.29, 1.82) is 0 Å². The minimum absolute atomic E-state index is 0.0307. The highest BCUT2D eigenvalue weighted by atomic mass is 19.2. The van der Waals surface area contributed by atoms with Crippen LogP contribution in [0.3, 0.4) is 0 Å². The largest absolute Gasteiger partial charge is 0.494 e. The monoisotopic (exact) mass is 304 g/mol. The van der Waals surface area contributed by atoms with Crippen LogP contribution in [0.15, 0.2) is 15.7 Å². The Hall–Kier alpha value is -2.58. The fraction of sp³-hybridized carbons (Fsp3) is 0.167. The third-order valence-corrected chi connectivity index (χ3v) is 2.85. The van der Waals surface area contributed by atoms with Crippen LogP contribution in [0, 0.1) is 23.3 Å². The molecule has 2 rings (SSSR count). The molecule has 2 N–H and O–H groups in total. The third kappa shape index (κ3) is 2.20. The van der Waals surface area contributed by atoms with Crippen molar-refractivity contribution in [3.8, 4) is 11.6 Å². The molecular formula is C12H8F4N2O3. The van der Waals surface area contributed by atoms with E-state index in [1.165, 1.54) is 6.92 Å². The number of aromatic hydroxyl groups is 1. The molecule has 21 heavy (non-hydrogen) atoms. The normalized spacial score (nSPS) is 10.9. The van der Waals surface area contributed by atoms with Crippen molar-refractivity contribution in [2.24, 2.45) is 0 Å². The fourth-order valence-electron chi connectivity index (χ4n) is 1.84. The smallest absolute Gasteiger partial charge is 0.335 e. The molecule has 0 aliphatic carbocycles. The summed E-state index contributed by atoms with van der Waals surface area (Å²) in [7, 11) is 0. The molecule has 0 aliphatic heterocycles. The Morgan fingerprint density at radius 3 is 2.14 bits per heavy atom. The van der Waals surface area contributed by atoms with Gasteiger partial charge in [0, 0.05) is 6.07 Å². The molecule has 0 bridgehead atoms. The van der Waals surface area contributed by atoms with Crippen LogP contribution in [-0.4, -0.2) is 14.7 Å². The molecule has 112 valence electrons. The summed E-state index contributed by atoms with van der Waals surface area (Å²) in [5.41, 5.74) is -4.20. The van der Waals surface area contributed by atoms with E-state index in [2.05, 4.69) is 0 Å². The molecule has 0 unspecified atom stereocenters. The van der Waals surface area contributed by atoms with Gasteiger partial charge in [-0.1, -0.05) is 6.92 Å². The maximum atomic E-state index is 13.7. The average Bonchev–Trinajstić information content (AvgIpc) is 2.40. The number of nitrogens with zero attached hydrogens (tertiary/aromatic N) is 1. The number of aromatic amines is 1.